The number of rotatable bonds is 4. The number of hydrogen-bond donors (Lipinski definition) is 1. The Hall–Kier alpha value is -3.09. The molecule has 32 heavy (non-hydrogen) atoms. The fraction of sp³-hybridized carbons (Fsp3) is 0.480. The highest BCUT2D eigenvalue weighted by molar-refractivity contribution is 5.94. The number of anilines is 1. The molecule has 2 saturated heterocycles. The average molecular weight is 436 g/mol. The molecule has 2 aliphatic rings. The van der Waals surface area contributed by atoms with E-state index in [0.29, 0.717) is 38.3 Å². The van der Waals surface area contributed by atoms with Crippen molar-refractivity contribution in [3.05, 3.63) is 59.8 Å². The summed E-state index contributed by atoms with van der Waals surface area (Å²) in [6, 6.07) is 13.3. The molecule has 1 aromatic heterocycles. The number of urea groups is 1. The Kier molecular flexibility index (Phi) is 7.59. The number of nitrogens with zero attached hydrogens (tertiary/aromatic N) is 4. The molecule has 0 spiro atoms. The van der Waals surface area contributed by atoms with E-state index in [9.17, 15) is 9.59 Å². The molecule has 170 valence electrons. The standard InChI is InChI=1S/C25H33N5O2/c31-24(22-9-4-3-5-10-22)29-15-8-16-30(18-17-29)25(32)27-20-21-11-12-26-23(19-21)28-13-6-1-2-7-14-28/h3-5,9-12,19H,1-2,6-8,13-18,20H2,(H,27,32). The molecule has 2 fully saturated rings. The van der Waals surface area contributed by atoms with Crippen LogP contribution >= 0.6 is 0 Å². The molecule has 0 atom stereocenters. The molecule has 1 aromatic carbocycles. The molecular formula is C25H33N5O2. The van der Waals surface area contributed by atoms with Gasteiger partial charge in [0, 0.05) is 57.6 Å². The van der Waals surface area contributed by atoms with E-state index in [4.69, 9.17) is 0 Å². The van der Waals surface area contributed by atoms with Crippen LogP contribution in [-0.4, -0.2) is 66.0 Å². The zero-order valence-corrected chi connectivity index (χ0v) is 18.7. The summed E-state index contributed by atoms with van der Waals surface area (Å²) in [5.41, 5.74) is 1.76. The van der Waals surface area contributed by atoms with E-state index in [1.165, 1.54) is 25.7 Å². The van der Waals surface area contributed by atoms with Crippen LogP contribution < -0.4 is 10.2 Å². The molecule has 0 unspecified atom stereocenters. The first kappa shape index (κ1) is 22.1. The van der Waals surface area contributed by atoms with Crippen LogP contribution in [0.15, 0.2) is 48.7 Å². The smallest absolute Gasteiger partial charge is 0.317 e. The van der Waals surface area contributed by atoms with Crippen molar-refractivity contribution in [1.82, 2.24) is 20.1 Å². The van der Waals surface area contributed by atoms with Gasteiger partial charge < -0.3 is 20.0 Å². The molecule has 2 aromatic rings. The number of carbonyl (C=O) groups excluding carboxylic acids is 2. The van der Waals surface area contributed by atoms with Crippen molar-refractivity contribution in [2.75, 3.05) is 44.2 Å². The maximum atomic E-state index is 12.8. The molecule has 0 bridgehead atoms. The van der Waals surface area contributed by atoms with Gasteiger partial charge in [0.05, 0.1) is 0 Å². The van der Waals surface area contributed by atoms with E-state index < -0.39 is 0 Å². The van der Waals surface area contributed by atoms with Crippen LogP contribution in [0.5, 0.6) is 0 Å². The lowest BCUT2D eigenvalue weighted by molar-refractivity contribution is 0.0762. The SMILES string of the molecule is O=C(NCc1ccnc(N2CCCCCC2)c1)N1CCCN(C(=O)c2ccccc2)CC1. The molecule has 1 N–H and O–H groups in total. The number of carbonyl (C=O) groups is 2. The van der Waals surface area contributed by atoms with Crippen LogP contribution in [0, 0.1) is 0 Å². The molecule has 0 radical (unpaired) electrons. The van der Waals surface area contributed by atoms with Gasteiger partial charge in [-0.15, -0.1) is 0 Å². The fourth-order valence-electron chi connectivity index (χ4n) is 4.42. The summed E-state index contributed by atoms with van der Waals surface area (Å²) < 4.78 is 0. The van der Waals surface area contributed by atoms with Gasteiger partial charge in [0.2, 0.25) is 0 Å². The van der Waals surface area contributed by atoms with Crippen molar-refractivity contribution < 1.29 is 9.59 Å². The van der Waals surface area contributed by atoms with Gasteiger partial charge >= 0.3 is 6.03 Å². The van der Waals surface area contributed by atoms with Gasteiger partial charge in [0.15, 0.2) is 0 Å². The van der Waals surface area contributed by atoms with Crippen LogP contribution in [0.25, 0.3) is 0 Å². The Morgan fingerprint density at radius 3 is 2.31 bits per heavy atom. The second-order valence-electron chi connectivity index (χ2n) is 8.58. The van der Waals surface area contributed by atoms with Gasteiger partial charge in [0.1, 0.15) is 5.82 Å². The predicted molar refractivity (Wildman–Crippen MR) is 126 cm³/mol. The van der Waals surface area contributed by atoms with Crippen molar-refractivity contribution in [3.63, 3.8) is 0 Å². The van der Waals surface area contributed by atoms with Crippen LogP contribution in [0.1, 0.15) is 48.0 Å². The van der Waals surface area contributed by atoms with E-state index >= 15 is 0 Å². The van der Waals surface area contributed by atoms with E-state index in [1.54, 1.807) is 0 Å². The highest BCUT2D eigenvalue weighted by Crippen LogP contribution is 2.18. The van der Waals surface area contributed by atoms with Crippen molar-refractivity contribution in [1.29, 1.82) is 0 Å². The monoisotopic (exact) mass is 435 g/mol. The minimum Gasteiger partial charge on any atom is -0.357 e. The summed E-state index contributed by atoms with van der Waals surface area (Å²) in [4.78, 5) is 36.1. The first-order chi connectivity index (χ1) is 15.7. The van der Waals surface area contributed by atoms with Crippen molar-refractivity contribution in [2.24, 2.45) is 0 Å². The van der Waals surface area contributed by atoms with Gasteiger partial charge in [0.25, 0.3) is 5.91 Å². The van der Waals surface area contributed by atoms with Crippen LogP contribution in [0.4, 0.5) is 10.6 Å². The molecule has 7 nitrogen and oxygen atoms in total. The van der Waals surface area contributed by atoms with E-state index in [2.05, 4.69) is 21.3 Å². The zero-order valence-electron chi connectivity index (χ0n) is 18.7. The highest BCUT2D eigenvalue weighted by Gasteiger charge is 2.22. The Labute approximate surface area is 190 Å². The van der Waals surface area contributed by atoms with Gasteiger partial charge in [-0.1, -0.05) is 31.0 Å². The van der Waals surface area contributed by atoms with E-state index in [-0.39, 0.29) is 11.9 Å². The van der Waals surface area contributed by atoms with E-state index in [0.717, 1.165) is 30.9 Å². The summed E-state index contributed by atoms with van der Waals surface area (Å²) >= 11 is 0. The lowest BCUT2D eigenvalue weighted by atomic mass is 10.2. The Balaban J connectivity index is 1.29. The number of amides is 3. The topological polar surface area (TPSA) is 68.8 Å². The lowest BCUT2D eigenvalue weighted by Gasteiger charge is -2.23. The maximum Gasteiger partial charge on any atom is 0.317 e. The van der Waals surface area contributed by atoms with Gasteiger partial charge in [-0.3, -0.25) is 4.79 Å². The summed E-state index contributed by atoms with van der Waals surface area (Å²) in [5.74, 6) is 1.04. The third-order valence-corrected chi connectivity index (χ3v) is 6.27. The van der Waals surface area contributed by atoms with Crippen LogP contribution in [0.2, 0.25) is 0 Å². The van der Waals surface area contributed by atoms with Gasteiger partial charge in [-0.25, -0.2) is 9.78 Å². The molecule has 3 amide bonds. The number of nitrogens with one attached hydrogen (secondary N) is 1. The molecule has 7 heteroatoms. The minimum atomic E-state index is -0.0767. The van der Waals surface area contributed by atoms with E-state index in [1.807, 2.05) is 52.4 Å². The molecule has 3 heterocycles. The zero-order chi connectivity index (χ0) is 22.2. The number of benzene rings is 1. The molecule has 4 rings (SSSR count). The minimum absolute atomic E-state index is 0.0330. The predicted octanol–water partition coefficient (Wildman–Crippen LogP) is 3.52. The summed E-state index contributed by atoms with van der Waals surface area (Å²) in [5, 5.41) is 3.05. The maximum absolute atomic E-state index is 12.8. The van der Waals surface area contributed by atoms with Crippen LogP contribution in [0.3, 0.4) is 0 Å². The Morgan fingerprint density at radius 2 is 1.53 bits per heavy atom. The number of aromatic nitrogens is 1. The average Bonchev–Trinajstić information content (AvgIpc) is 3.26. The summed E-state index contributed by atoms with van der Waals surface area (Å²) in [7, 11) is 0. The number of hydrogen-bond acceptors (Lipinski definition) is 4. The van der Waals surface area contributed by atoms with Crippen molar-refractivity contribution >= 4 is 17.8 Å². The normalized spacial score (nSPS) is 17.4. The third kappa shape index (κ3) is 5.78. The van der Waals surface area contributed by atoms with Gasteiger partial charge in [-0.2, -0.15) is 0 Å². The quantitative estimate of drug-likeness (QED) is 0.798. The van der Waals surface area contributed by atoms with Crippen molar-refractivity contribution in [3.8, 4) is 0 Å². The summed E-state index contributed by atoms with van der Waals surface area (Å²) in [6.07, 6.45) is 7.61. The molecular weight excluding hydrogens is 402 g/mol. The Morgan fingerprint density at radius 1 is 0.812 bits per heavy atom. The van der Waals surface area contributed by atoms with Gasteiger partial charge in [-0.05, 0) is 49.1 Å². The second kappa shape index (κ2) is 11.0. The molecule has 0 saturated carbocycles. The van der Waals surface area contributed by atoms with Crippen LogP contribution in [-0.2, 0) is 6.54 Å². The number of pyridine rings is 1. The summed E-state index contributed by atoms with van der Waals surface area (Å²) in [6.45, 7) is 4.99. The first-order valence-corrected chi connectivity index (χ1v) is 11.8. The first-order valence-electron chi connectivity index (χ1n) is 11.8. The largest absolute Gasteiger partial charge is 0.357 e. The molecule has 2 aliphatic heterocycles. The van der Waals surface area contributed by atoms with Crippen molar-refractivity contribution in [2.45, 2.75) is 38.6 Å². The third-order valence-electron chi connectivity index (χ3n) is 6.27. The lowest BCUT2D eigenvalue weighted by Crippen LogP contribution is -2.42. The molecule has 0 aliphatic carbocycles. The Bertz CT molecular complexity index is 896. The second-order valence-corrected chi connectivity index (χ2v) is 8.58. The highest BCUT2D eigenvalue weighted by atomic mass is 16.2. The fourth-order valence-corrected chi connectivity index (χ4v) is 4.42.